The van der Waals surface area contributed by atoms with E-state index < -0.39 is 0 Å². The van der Waals surface area contributed by atoms with Gasteiger partial charge in [0.15, 0.2) is 17.5 Å². The van der Waals surface area contributed by atoms with Gasteiger partial charge in [-0.05, 0) is 94.9 Å². The topological polar surface area (TPSA) is 62.5 Å². The first kappa shape index (κ1) is 37.0. The number of hydrogen-bond acceptors (Lipinski definition) is 4. The Morgan fingerprint density at radius 3 is 1.53 bits per heavy atom. The first-order chi connectivity index (χ1) is 31.7. The Morgan fingerprint density at radius 1 is 0.281 bits per heavy atom. The highest BCUT2D eigenvalue weighted by Gasteiger charge is 2.24. The quantitative estimate of drug-likeness (QED) is 0.161. The summed E-state index contributed by atoms with van der Waals surface area (Å²) in [6.45, 7) is 0. The fourth-order valence-electron chi connectivity index (χ4n) is 9.61. The molecule has 0 bridgehead atoms. The summed E-state index contributed by atoms with van der Waals surface area (Å²) in [7, 11) is 0. The third-order valence-electron chi connectivity index (χ3n) is 12.6. The van der Waals surface area contributed by atoms with Crippen LogP contribution in [0.15, 0.2) is 218 Å². The lowest BCUT2D eigenvalue weighted by Crippen LogP contribution is -2.01. The van der Waals surface area contributed by atoms with Gasteiger partial charge in [-0.1, -0.05) is 206 Å². The fourth-order valence-corrected chi connectivity index (χ4v) is 9.61. The molecule has 0 unspecified atom stereocenters. The first-order valence-electron chi connectivity index (χ1n) is 21.5. The van der Waals surface area contributed by atoms with E-state index in [1.807, 2.05) is 54.6 Å². The average Bonchev–Trinajstić information content (AvgIpc) is 3.70. The lowest BCUT2D eigenvalue weighted by molar-refractivity contribution is 1.07. The predicted molar refractivity (Wildman–Crippen MR) is 262 cm³/mol. The van der Waals surface area contributed by atoms with Gasteiger partial charge >= 0.3 is 0 Å². The molecule has 0 aliphatic heterocycles. The summed E-state index contributed by atoms with van der Waals surface area (Å²) in [6.07, 6.45) is 0. The molecule has 0 amide bonds. The van der Waals surface area contributed by atoms with Crippen LogP contribution in [-0.2, 0) is 0 Å². The zero-order valence-electron chi connectivity index (χ0n) is 34.6. The van der Waals surface area contributed by atoms with Crippen molar-refractivity contribution in [1.82, 2.24) is 15.0 Å². The minimum absolute atomic E-state index is 0.530. The first-order valence-corrected chi connectivity index (χ1v) is 21.5. The highest BCUT2D eigenvalue weighted by Crippen LogP contribution is 2.50. The molecule has 0 atom stereocenters. The van der Waals surface area contributed by atoms with Crippen LogP contribution in [0, 0.1) is 11.3 Å². The summed E-state index contributed by atoms with van der Waals surface area (Å²) in [5.74, 6) is 1.67. The smallest absolute Gasteiger partial charge is 0.164 e. The van der Waals surface area contributed by atoms with E-state index in [0.29, 0.717) is 23.0 Å². The van der Waals surface area contributed by atoms with Crippen molar-refractivity contribution in [3.05, 3.63) is 224 Å². The van der Waals surface area contributed by atoms with Gasteiger partial charge < -0.3 is 0 Å². The Balaban J connectivity index is 0.968. The lowest BCUT2D eigenvalue weighted by Gasteiger charge is -2.16. The van der Waals surface area contributed by atoms with E-state index in [0.717, 1.165) is 55.6 Å². The molecule has 0 spiro atoms. The van der Waals surface area contributed by atoms with Gasteiger partial charge in [0.1, 0.15) is 0 Å². The van der Waals surface area contributed by atoms with Crippen LogP contribution < -0.4 is 0 Å². The van der Waals surface area contributed by atoms with Gasteiger partial charge in [-0.2, -0.15) is 5.26 Å². The number of hydrogen-bond donors (Lipinski definition) is 0. The minimum atomic E-state index is 0.530. The molecule has 0 fully saturated rings. The van der Waals surface area contributed by atoms with Crippen LogP contribution in [-0.4, -0.2) is 15.0 Å². The van der Waals surface area contributed by atoms with Crippen molar-refractivity contribution in [3.8, 4) is 107 Å². The zero-order valence-corrected chi connectivity index (χ0v) is 34.6. The Hall–Kier alpha value is -8.78. The van der Waals surface area contributed by atoms with Crippen molar-refractivity contribution in [3.63, 3.8) is 0 Å². The van der Waals surface area contributed by atoms with E-state index >= 15 is 0 Å². The molecule has 0 saturated heterocycles. The van der Waals surface area contributed by atoms with Gasteiger partial charge in [0.2, 0.25) is 0 Å². The highest BCUT2D eigenvalue weighted by molar-refractivity contribution is 6.19. The van der Waals surface area contributed by atoms with Crippen LogP contribution >= 0.6 is 0 Å². The van der Waals surface area contributed by atoms with E-state index in [9.17, 15) is 5.26 Å². The molecule has 1 aromatic heterocycles. The van der Waals surface area contributed by atoms with E-state index in [1.54, 1.807) is 0 Å². The lowest BCUT2D eigenvalue weighted by atomic mass is 9.88. The Kier molecular flexibility index (Phi) is 8.84. The second-order valence-corrected chi connectivity index (χ2v) is 16.2. The largest absolute Gasteiger partial charge is 0.208 e. The van der Waals surface area contributed by atoms with Crippen LogP contribution in [0.5, 0.6) is 0 Å². The number of nitrogens with zero attached hydrogens (tertiary/aromatic N) is 4. The van der Waals surface area contributed by atoms with Gasteiger partial charge in [-0.15, -0.1) is 0 Å². The second-order valence-electron chi connectivity index (χ2n) is 16.2. The Morgan fingerprint density at radius 2 is 0.750 bits per heavy atom. The summed E-state index contributed by atoms with van der Waals surface area (Å²) < 4.78 is 0. The molecule has 1 aliphatic rings. The maximum Gasteiger partial charge on any atom is 0.164 e. The van der Waals surface area contributed by atoms with Gasteiger partial charge in [-0.3, -0.25) is 0 Å². The van der Waals surface area contributed by atoms with E-state index in [4.69, 9.17) is 15.0 Å². The summed E-state index contributed by atoms with van der Waals surface area (Å²) in [5, 5.41) is 15.8. The van der Waals surface area contributed by atoms with Gasteiger partial charge in [0.25, 0.3) is 0 Å². The molecule has 4 heteroatoms. The van der Waals surface area contributed by atoms with Crippen LogP contribution in [0.2, 0.25) is 0 Å². The Bertz CT molecular complexity index is 3660. The maximum atomic E-state index is 10.9. The molecule has 10 aromatic carbocycles. The Labute approximate surface area is 371 Å². The fraction of sp³-hybridized carbons (Fsp3) is 0. The van der Waals surface area contributed by atoms with Crippen molar-refractivity contribution in [1.29, 1.82) is 5.26 Å². The molecule has 4 nitrogen and oxygen atoms in total. The maximum absolute atomic E-state index is 10.9. The summed E-state index contributed by atoms with van der Waals surface area (Å²) in [5.41, 5.74) is 16.5. The van der Waals surface area contributed by atoms with Crippen molar-refractivity contribution in [2.45, 2.75) is 0 Å². The number of rotatable bonds is 7. The number of benzene rings is 10. The molecule has 11 aromatic rings. The van der Waals surface area contributed by atoms with E-state index in [2.05, 4.69) is 170 Å². The molecule has 1 heterocycles. The molecular formula is C60H36N4. The van der Waals surface area contributed by atoms with Gasteiger partial charge in [-0.25, -0.2) is 15.0 Å². The number of nitriles is 1. The summed E-state index contributed by atoms with van der Waals surface area (Å²) >= 11 is 0. The highest BCUT2D eigenvalue weighted by atomic mass is 15.0. The van der Waals surface area contributed by atoms with Crippen molar-refractivity contribution < 1.29 is 0 Å². The van der Waals surface area contributed by atoms with Crippen LogP contribution in [0.1, 0.15) is 5.56 Å². The average molecular weight is 813 g/mol. The van der Waals surface area contributed by atoms with Crippen molar-refractivity contribution in [2.24, 2.45) is 0 Å². The van der Waals surface area contributed by atoms with Crippen LogP contribution in [0.25, 0.3) is 122 Å². The summed E-state index contributed by atoms with van der Waals surface area (Å²) in [4.78, 5) is 15.4. The number of fused-ring (bicyclic) bond motifs is 4. The normalized spacial score (nSPS) is 11.4. The van der Waals surface area contributed by atoms with Gasteiger partial charge in [0.05, 0.1) is 11.6 Å². The molecule has 0 saturated carbocycles. The zero-order chi connectivity index (χ0) is 42.6. The van der Waals surface area contributed by atoms with E-state index in [1.165, 1.54) is 49.4 Å². The number of aromatic nitrogens is 3. The SMILES string of the molecule is N#Cc1cc(-c2ccccc2-c2ccc3c4c(cccc24)-c2ccccc2-3)ccc1-c1ccccc1-c1nc(-c2ccccc2)nc(-c2cccc(-c3cccc4ccccc34)c2)n1. The van der Waals surface area contributed by atoms with Crippen LogP contribution in [0.4, 0.5) is 0 Å². The molecule has 12 rings (SSSR count). The van der Waals surface area contributed by atoms with Crippen molar-refractivity contribution in [2.75, 3.05) is 0 Å². The summed E-state index contributed by atoms with van der Waals surface area (Å²) in [6, 6.07) is 78.5. The van der Waals surface area contributed by atoms with E-state index in [-0.39, 0.29) is 0 Å². The molecule has 64 heavy (non-hydrogen) atoms. The standard InChI is InChI=1S/C60H36N4/c61-37-43-36-41(46-22-6-7-23-48(46)52-33-34-55-51-26-9-8-25-50(51)53-29-14-30-54(52)57(53)55)31-32-47(43)49-24-10-11-27-56(49)60-63-58(39-16-2-1-3-17-39)62-59(64-60)42-20-12-19-40(35-42)45-28-13-18-38-15-4-5-21-44(38)45/h1-36H. The molecule has 0 radical (unpaired) electrons. The molecule has 1 aliphatic carbocycles. The molecular weight excluding hydrogens is 777 g/mol. The van der Waals surface area contributed by atoms with Crippen molar-refractivity contribution >= 4 is 21.5 Å². The molecule has 0 N–H and O–H groups in total. The second kappa shape index (κ2) is 15.3. The molecule has 296 valence electrons. The monoisotopic (exact) mass is 812 g/mol. The minimum Gasteiger partial charge on any atom is -0.208 e. The predicted octanol–water partition coefficient (Wildman–Crippen LogP) is 15.4. The third kappa shape index (κ3) is 6.18. The van der Waals surface area contributed by atoms with Gasteiger partial charge in [0, 0.05) is 22.3 Å². The van der Waals surface area contributed by atoms with Crippen LogP contribution in [0.3, 0.4) is 0 Å². The third-order valence-corrected chi connectivity index (χ3v) is 12.6.